The largest absolute Gasteiger partial charge is 0.258 e. The zero-order chi connectivity index (χ0) is 12.5. The second kappa shape index (κ2) is 4.99. The third-order valence-electron chi connectivity index (χ3n) is 2.99. The predicted molar refractivity (Wildman–Crippen MR) is 71.2 cm³/mol. The molecule has 0 amide bonds. The zero-order valence-corrected chi connectivity index (χ0v) is 11.8. The van der Waals surface area contributed by atoms with Crippen molar-refractivity contribution in [3.05, 3.63) is 28.6 Å². The maximum atomic E-state index is 4.74. The number of hydrogen-bond donors (Lipinski definition) is 0. The van der Waals surface area contributed by atoms with Crippen LogP contribution in [-0.4, -0.2) is 4.98 Å². The van der Waals surface area contributed by atoms with Gasteiger partial charge in [0, 0.05) is 11.4 Å². The highest BCUT2D eigenvalue weighted by atomic mass is 14.7. The van der Waals surface area contributed by atoms with E-state index in [0.29, 0.717) is 17.8 Å². The van der Waals surface area contributed by atoms with Crippen LogP contribution in [0.4, 0.5) is 0 Å². The number of pyridine rings is 1. The van der Waals surface area contributed by atoms with E-state index in [1.807, 2.05) is 0 Å². The molecular weight excluding hydrogens is 194 g/mol. The Morgan fingerprint density at radius 3 is 1.81 bits per heavy atom. The quantitative estimate of drug-likeness (QED) is 0.714. The molecule has 0 unspecified atom stereocenters. The van der Waals surface area contributed by atoms with Gasteiger partial charge in [0.2, 0.25) is 0 Å². The Bertz CT molecular complexity index is 333. The first kappa shape index (κ1) is 13.2. The third-order valence-corrected chi connectivity index (χ3v) is 2.99. The molecule has 0 aromatic carbocycles. The van der Waals surface area contributed by atoms with E-state index in [0.717, 1.165) is 5.69 Å². The Labute approximate surface area is 100 Å². The van der Waals surface area contributed by atoms with Crippen molar-refractivity contribution in [3.8, 4) is 0 Å². The fraction of sp³-hybridized carbons (Fsp3) is 0.667. The molecule has 1 nitrogen and oxygen atoms in total. The van der Waals surface area contributed by atoms with E-state index in [1.165, 1.54) is 16.8 Å². The van der Waals surface area contributed by atoms with Crippen LogP contribution in [0.25, 0.3) is 0 Å². The average molecular weight is 219 g/mol. The molecule has 0 radical (unpaired) electrons. The lowest BCUT2D eigenvalue weighted by molar-refractivity contribution is 0.718. The molecule has 1 rings (SSSR count). The normalized spacial score (nSPS) is 11.9. The van der Waals surface area contributed by atoms with Crippen LogP contribution in [0.2, 0.25) is 0 Å². The molecule has 1 aromatic heterocycles. The van der Waals surface area contributed by atoms with Gasteiger partial charge in [-0.25, -0.2) is 0 Å². The summed E-state index contributed by atoms with van der Waals surface area (Å²) in [5.74, 6) is 1.65. The number of hydrogen-bond acceptors (Lipinski definition) is 1. The van der Waals surface area contributed by atoms with Crippen molar-refractivity contribution in [2.24, 2.45) is 0 Å². The molecule has 0 fully saturated rings. The van der Waals surface area contributed by atoms with Crippen molar-refractivity contribution in [2.75, 3.05) is 0 Å². The lowest BCUT2D eigenvalue weighted by Crippen LogP contribution is -2.09. The summed E-state index contributed by atoms with van der Waals surface area (Å²) in [6, 6.07) is 2.26. The van der Waals surface area contributed by atoms with Gasteiger partial charge >= 0.3 is 0 Å². The SMILES string of the molecule is Cc1cc(C(C)C)c(C(C)C)c(C(C)C)n1. The summed E-state index contributed by atoms with van der Waals surface area (Å²) in [5.41, 5.74) is 5.39. The van der Waals surface area contributed by atoms with E-state index in [4.69, 9.17) is 4.98 Å². The summed E-state index contributed by atoms with van der Waals surface area (Å²) in [7, 11) is 0. The molecule has 0 saturated heterocycles. The second-order valence-electron chi connectivity index (χ2n) is 5.62. The highest BCUT2D eigenvalue weighted by Gasteiger charge is 2.18. The number of aromatic nitrogens is 1. The summed E-state index contributed by atoms with van der Waals surface area (Å²) in [4.78, 5) is 4.74. The highest BCUT2D eigenvalue weighted by Crippen LogP contribution is 2.32. The van der Waals surface area contributed by atoms with Crippen LogP contribution in [0.1, 0.15) is 81.8 Å². The van der Waals surface area contributed by atoms with Crippen LogP contribution in [0.15, 0.2) is 6.07 Å². The molecule has 0 saturated carbocycles. The van der Waals surface area contributed by atoms with Gasteiger partial charge in [-0.15, -0.1) is 0 Å². The molecule has 0 bridgehead atoms. The Morgan fingerprint density at radius 1 is 0.875 bits per heavy atom. The van der Waals surface area contributed by atoms with E-state index in [1.54, 1.807) is 0 Å². The molecule has 90 valence electrons. The van der Waals surface area contributed by atoms with Crippen LogP contribution in [0.3, 0.4) is 0 Å². The molecule has 0 atom stereocenters. The average Bonchev–Trinajstić information content (AvgIpc) is 2.15. The van der Waals surface area contributed by atoms with Crippen molar-refractivity contribution in [1.29, 1.82) is 0 Å². The van der Waals surface area contributed by atoms with Gasteiger partial charge in [-0.1, -0.05) is 41.5 Å². The fourth-order valence-electron chi connectivity index (χ4n) is 2.28. The molecule has 16 heavy (non-hydrogen) atoms. The minimum absolute atomic E-state index is 0.509. The fourth-order valence-corrected chi connectivity index (χ4v) is 2.28. The summed E-state index contributed by atoms with van der Waals surface area (Å²) < 4.78 is 0. The van der Waals surface area contributed by atoms with Crippen LogP contribution in [-0.2, 0) is 0 Å². The highest BCUT2D eigenvalue weighted by molar-refractivity contribution is 5.38. The molecule has 0 aliphatic rings. The molecule has 0 aliphatic heterocycles. The second-order valence-corrected chi connectivity index (χ2v) is 5.62. The van der Waals surface area contributed by atoms with Crippen LogP contribution >= 0.6 is 0 Å². The van der Waals surface area contributed by atoms with Gasteiger partial charge in [-0.3, -0.25) is 4.98 Å². The monoisotopic (exact) mass is 219 g/mol. The van der Waals surface area contributed by atoms with E-state index < -0.39 is 0 Å². The number of nitrogens with zero attached hydrogens (tertiary/aromatic N) is 1. The van der Waals surface area contributed by atoms with Gasteiger partial charge < -0.3 is 0 Å². The molecular formula is C15H25N. The van der Waals surface area contributed by atoms with Gasteiger partial charge in [0.25, 0.3) is 0 Å². The lowest BCUT2D eigenvalue weighted by atomic mass is 9.86. The van der Waals surface area contributed by atoms with E-state index in [-0.39, 0.29) is 0 Å². The van der Waals surface area contributed by atoms with Gasteiger partial charge in [0.05, 0.1) is 0 Å². The molecule has 1 aromatic rings. The van der Waals surface area contributed by atoms with E-state index in [9.17, 15) is 0 Å². The number of aryl methyl sites for hydroxylation is 1. The predicted octanol–water partition coefficient (Wildman–Crippen LogP) is 4.76. The van der Waals surface area contributed by atoms with Gasteiger partial charge in [-0.2, -0.15) is 0 Å². The molecule has 1 heterocycles. The molecule has 0 aliphatic carbocycles. The van der Waals surface area contributed by atoms with Crippen LogP contribution in [0, 0.1) is 6.92 Å². The minimum atomic E-state index is 0.509. The Kier molecular flexibility index (Phi) is 4.12. The van der Waals surface area contributed by atoms with Crippen molar-refractivity contribution < 1.29 is 0 Å². The Hall–Kier alpha value is -0.850. The summed E-state index contributed by atoms with van der Waals surface area (Å²) in [6.07, 6.45) is 0. The summed E-state index contributed by atoms with van der Waals surface area (Å²) in [6.45, 7) is 15.6. The summed E-state index contributed by atoms with van der Waals surface area (Å²) in [5, 5.41) is 0. The third kappa shape index (κ3) is 2.63. The topological polar surface area (TPSA) is 12.9 Å². The smallest absolute Gasteiger partial charge is 0.0469 e. The first-order valence-corrected chi connectivity index (χ1v) is 6.35. The Balaban J connectivity index is 3.48. The maximum Gasteiger partial charge on any atom is 0.0469 e. The maximum absolute atomic E-state index is 4.74. The van der Waals surface area contributed by atoms with E-state index in [2.05, 4.69) is 54.5 Å². The van der Waals surface area contributed by atoms with Gasteiger partial charge in [-0.05, 0) is 41.9 Å². The van der Waals surface area contributed by atoms with Crippen LogP contribution in [0.5, 0.6) is 0 Å². The minimum Gasteiger partial charge on any atom is -0.258 e. The van der Waals surface area contributed by atoms with Crippen molar-refractivity contribution >= 4 is 0 Å². The molecule has 1 heteroatoms. The standard InChI is InChI=1S/C15H25N/c1-9(2)13-8-12(7)16-15(11(5)6)14(13)10(3)4/h8-11H,1-7H3. The first-order valence-electron chi connectivity index (χ1n) is 6.35. The van der Waals surface area contributed by atoms with Crippen molar-refractivity contribution in [3.63, 3.8) is 0 Å². The van der Waals surface area contributed by atoms with E-state index >= 15 is 0 Å². The molecule has 0 N–H and O–H groups in total. The number of rotatable bonds is 3. The molecule has 0 spiro atoms. The van der Waals surface area contributed by atoms with Crippen molar-refractivity contribution in [1.82, 2.24) is 4.98 Å². The zero-order valence-electron chi connectivity index (χ0n) is 11.8. The van der Waals surface area contributed by atoms with Crippen LogP contribution < -0.4 is 0 Å². The van der Waals surface area contributed by atoms with Gasteiger partial charge in [0.15, 0.2) is 0 Å². The Morgan fingerprint density at radius 2 is 1.44 bits per heavy atom. The van der Waals surface area contributed by atoms with Crippen molar-refractivity contribution in [2.45, 2.75) is 66.2 Å². The van der Waals surface area contributed by atoms with Gasteiger partial charge in [0.1, 0.15) is 0 Å². The summed E-state index contributed by atoms with van der Waals surface area (Å²) >= 11 is 0. The lowest BCUT2D eigenvalue weighted by Gasteiger charge is -2.22. The first-order chi connectivity index (χ1) is 7.34.